The Labute approximate surface area is 113 Å². The zero-order chi connectivity index (χ0) is 13.0. The second kappa shape index (κ2) is 6.21. The summed E-state index contributed by atoms with van der Waals surface area (Å²) in [6, 6.07) is 7.58. The van der Waals surface area contributed by atoms with E-state index in [2.05, 4.69) is 10.6 Å². The molecule has 0 spiro atoms. The highest BCUT2D eigenvalue weighted by Crippen LogP contribution is 2.22. The van der Waals surface area contributed by atoms with Gasteiger partial charge >= 0.3 is 0 Å². The fraction of sp³-hybridized carbons (Fsp3) is 0.500. The molecular formula is C14H19ClN2O. The van der Waals surface area contributed by atoms with Gasteiger partial charge in [0.2, 0.25) is 5.91 Å². The highest BCUT2D eigenvalue weighted by Gasteiger charge is 2.22. The zero-order valence-electron chi connectivity index (χ0n) is 10.6. The summed E-state index contributed by atoms with van der Waals surface area (Å²) in [6.45, 7) is 3.76. The van der Waals surface area contributed by atoms with Crippen molar-refractivity contribution in [1.29, 1.82) is 0 Å². The molecule has 2 atom stereocenters. The van der Waals surface area contributed by atoms with Crippen LogP contribution in [0.15, 0.2) is 24.3 Å². The van der Waals surface area contributed by atoms with Crippen LogP contribution < -0.4 is 10.6 Å². The molecule has 1 aromatic carbocycles. The van der Waals surface area contributed by atoms with Gasteiger partial charge in [-0.2, -0.15) is 0 Å². The van der Waals surface area contributed by atoms with Gasteiger partial charge in [0.05, 0.1) is 12.0 Å². The number of rotatable bonds is 3. The summed E-state index contributed by atoms with van der Waals surface area (Å²) in [5, 5.41) is 7.00. The van der Waals surface area contributed by atoms with Gasteiger partial charge in [-0.15, -0.1) is 0 Å². The van der Waals surface area contributed by atoms with Gasteiger partial charge < -0.3 is 10.6 Å². The van der Waals surface area contributed by atoms with Crippen LogP contribution in [0.5, 0.6) is 0 Å². The summed E-state index contributed by atoms with van der Waals surface area (Å²) in [5.74, 6) is 0.207. The van der Waals surface area contributed by atoms with Gasteiger partial charge in [-0.25, -0.2) is 0 Å². The smallest absolute Gasteiger partial charge is 0.224 e. The van der Waals surface area contributed by atoms with E-state index in [0.29, 0.717) is 5.02 Å². The lowest BCUT2D eigenvalue weighted by molar-refractivity contribution is -0.126. The van der Waals surface area contributed by atoms with Gasteiger partial charge in [0.1, 0.15) is 0 Å². The summed E-state index contributed by atoms with van der Waals surface area (Å²) in [5.41, 5.74) is 0.969. The summed E-state index contributed by atoms with van der Waals surface area (Å²) in [7, 11) is 0. The third kappa shape index (κ3) is 3.24. The number of carbonyl (C=O) groups is 1. The zero-order valence-corrected chi connectivity index (χ0v) is 11.3. The van der Waals surface area contributed by atoms with Crippen molar-refractivity contribution in [2.75, 3.05) is 13.1 Å². The van der Waals surface area contributed by atoms with Crippen molar-refractivity contribution in [2.45, 2.75) is 25.8 Å². The molecule has 0 aromatic heterocycles. The minimum atomic E-state index is -0.0480. The second-order valence-electron chi connectivity index (χ2n) is 4.80. The monoisotopic (exact) mass is 266 g/mol. The highest BCUT2D eigenvalue weighted by molar-refractivity contribution is 6.31. The molecule has 1 aromatic rings. The maximum absolute atomic E-state index is 12.1. The van der Waals surface area contributed by atoms with Crippen LogP contribution >= 0.6 is 11.6 Å². The lowest BCUT2D eigenvalue weighted by Gasteiger charge is -2.24. The third-order valence-corrected chi connectivity index (χ3v) is 3.74. The van der Waals surface area contributed by atoms with E-state index in [1.807, 2.05) is 31.2 Å². The Kier molecular flexibility index (Phi) is 4.61. The molecule has 98 valence electrons. The molecule has 2 rings (SSSR count). The number of hydrogen-bond acceptors (Lipinski definition) is 2. The number of halogens is 1. The molecule has 0 unspecified atom stereocenters. The first kappa shape index (κ1) is 13.4. The molecule has 1 aliphatic heterocycles. The van der Waals surface area contributed by atoms with Gasteiger partial charge in [0.15, 0.2) is 0 Å². The average Bonchev–Trinajstić information content (AvgIpc) is 2.40. The van der Waals surface area contributed by atoms with Crippen LogP contribution in [0.3, 0.4) is 0 Å². The number of carbonyl (C=O) groups excluding carboxylic acids is 1. The van der Waals surface area contributed by atoms with E-state index in [-0.39, 0.29) is 17.9 Å². The Balaban J connectivity index is 1.96. The van der Waals surface area contributed by atoms with Crippen LogP contribution in [0.4, 0.5) is 0 Å². The van der Waals surface area contributed by atoms with E-state index < -0.39 is 0 Å². The van der Waals surface area contributed by atoms with Gasteiger partial charge in [-0.1, -0.05) is 29.8 Å². The number of benzene rings is 1. The third-order valence-electron chi connectivity index (χ3n) is 3.40. The summed E-state index contributed by atoms with van der Waals surface area (Å²) < 4.78 is 0. The van der Waals surface area contributed by atoms with E-state index in [4.69, 9.17) is 11.6 Å². The number of piperidine rings is 1. The number of hydrogen-bond donors (Lipinski definition) is 2. The largest absolute Gasteiger partial charge is 0.349 e. The average molecular weight is 267 g/mol. The molecule has 1 aliphatic rings. The van der Waals surface area contributed by atoms with Crippen LogP contribution in [0.1, 0.15) is 31.4 Å². The molecule has 0 bridgehead atoms. The molecule has 0 saturated carbocycles. The molecule has 1 fully saturated rings. The van der Waals surface area contributed by atoms with Crippen LogP contribution in [-0.4, -0.2) is 19.0 Å². The topological polar surface area (TPSA) is 41.1 Å². The van der Waals surface area contributed by atoms with E-state index in [9.17, 15) is 4.79 Å². The SMILES string of the molecule is C[C@@H](NC(=O)[C@@H]1CCCNC1)c1ccccc1Cl. The summed E-state index contributed by atoms with van der Waals surface area (Å²) in [6.07, 6.45) is 2.03. The van der Waals surface area contributed by atoms with Crippen molar-refractivity contribution in [2.24, 2.45) is 5.92 Å². The Hall–Kier alpha value is -1.06. The fourth-order valence-corrected chi connectivity index (χ4v) is 2.61. The van der Waals surface area contributed by atoms with Crippen LogP contribution in [0.25, 0.3) is 0 Å². The van der Waals surface area contributed by atoms with Crippen molar-refractivity contribution in [3.63, 3.8) is 0 Å². The lowest BCUT2D eigenvalue weighted by atomic mass is 9.98. The molecule has 2 N–H and O–H groups in total. The van der Waals surface area contributed by atoms with E-state index >= 15 is 0 Å². The summed E-state index contributed by atoms with van der Waals surface area (Å²) in [4.78, 5) is 12.1. The summed E-state index contributed by atoms with van der Waals surface area (Å²) >= 11 is 6.12. The van der Waals surface area contributed by atoms with E-state index in [0.717, 1.165) is 31.5 Å². The Morgan fingerprint density at radius 1 is 1.50 bits per heavy atom. The maximum Gasteiger partial charge on any atom is 0.224 e. The van der Waals surface area contributed by atoms with Crippen molar-refractivity contribution in [3.05, 3.63) is 34.9 Å². The molecule has 0 aliphatic carbocycles. The highest BCUT2D eigenvalue weighted by atomic mass is 35.5. The number of amides is 1. The lowest BCUT2D eigenvalue weighted by Crippen LogP contribution is -2.41. The maximum atomic E-state index is 12.1. The molecule has 1 amide bonds. The molecule has 4 heteroatoms. The molecule has 1 saturated heterocycles. The Bertz CT molecular complexity index is 416. The van der Waals surface area contributed by atoms with E-state index in [1.54, 1.807) is 0 Å². The van der Waals surface area contributed by atoms with Crippen molar-refractivity contribution < 1.29 is 4.79 Å². The standard InChI is InChI=1S/C14H19ClN2O/c1-10(12-6-2-3-7-13(12)15)17-14(18)11-5-4-8-16-9-11/h2-3,6-7,10-11,16H,4-5,8-9H2,1H3,(H,17,18)/t10-,11-/m1/s1. The molecular weight excluding hydrogens is 248 g/mol. The Morgan fingerprint density at radius 2 is 2.28 bits per heavy atom. The number of nitrogens with one attached hydrogen (secondary N) is 2. The van der Waals surface area contributed by atoms with Crippen molar-refractivity contribution >= 4 is 17.5 Å². The quantitative estimate of drug-likeness (QED) is 0.883. The van der Waals surface area contributed by atoms with Gasteiger partial charge in [-0.05, 0) is 37.9 Å². The van der Waals surface area contributed by atoms with Crippen LogP contribution in [0, 0.1) is 5.92 Å². The molecule has 1 heterocycles. The van der Waals surface area contributed by atoms with Gasteiger partial charge in [0, 0.05) is 11.6 Å². The van der Waals surface area contributed by atoms with Gasteiger partial charge in [-0.3, -0.25) is 4.79 Å². The second-order valence-corrected chi connectivity index (χ2v) is 5.20. The molecule has 3 nitrogen and oxygen atoms in total. The van der Waals surface area contributed by atoms with Crippen LogP contribution in [0.2, 0.25) is 5.02 Å². The first-order valence-electron chi connectivity index (χ1n) is 6.44. The normalized spacial score (nSPS) is 21.3. The molecule has 0 radical (unpaired) electrons. The minimum absolute atomic E-state index is 0.0480. The predicted molar refractivity (Wildman–Crippen MR) is 73.6 cm³/mol. The van der Waals surface area contributed by atoms with Gasteiger partial charge in [0.25, 0.3) is 0 Å². The first-order chi connectivity index (χ1) is 8.68. The first-order valence-corrected chi connectivity index (χ1v) is 6.82. The minimum Gasteiger partial charge on any atom is -0.349 e. The Morgan fingerprint density at radius 3 is 2.94 bits per heavy atom. The predicted octanol–water partition coefficient (Wildman–Crippen LogP) is 2.52. The molecule has 18 heavy (non-hydrogen) atoms. The van der Waals surface area contributed by atoms with E-state index in [1.165, 1.54) is 0 Å². The van der Waals surface area contributed by atoms with Crippen LogP contribution in [-0.2, 0) is 4.79 Å². The van der Waals surface area contributed by atoms with Crippen molar-refractivity contribution in [1.82, 2.24) is 10.6 Å². The van der Waals surface area contributed by atoms with Crippen molar-refractivity contribution in [3.8, 4) is 0 Å². The fourth-order valence-electron chi connectivity index (χ4n) is 2.31.